The molecule has 1 N–H and O–H groups in total. The number of ether oxygens (including phenoxy) is 2. The normalized spacial score (nSPS) is 16.4. The topological polar surface area (TPSA) is 43.4 Å². The highest BCUT2D eigenvalue weighted by Gasteiger charge is 2.20. The van der Waals surface area contributed by atoms with Crippen LogP contribution in [0.25, 0.3) is 10.9 Å². The van der Waals surface area contributed by atoms with Gasteiger partial charge in [0.05, 0.1) is 5.52 Å². The van der Waals surface area contributed by atoms with Crippen LogP contribution in [0.2, 0.25) is 0 Å². The summed E-state index contributed by atoms with van der Waals surface area (Å²) in [5, 5.41) is 4.61. The molecule has 1 unspecified atom stereocenters. The molecule has 4 rings (SSSR count). The van der Waals surface area contributed by atoms with E-state index in [2.05, 4.69) is 34.6 Å². The summed E-state index contributed by atoms with van der Waals surface area (Å²) in [5.74, 6) is 1.64. The molecule has 0 fully saturated rings. The molecule has 0 bridgehead atoms. The fraction of sp³-hybridized carbons (Fsp3) is 0.211. The van der Waals surface area contributed by atoms with Crippen LogP contribution in [-0.4, -0.2) is 24.2 Å². The number of benzene rings is 2. The van der Waals surface area contributed by atoms with E-state index in [0.717, 1.165) is 35.5 Å². The van der Waals surface area contributed by atoms with E-state index >= 15 is 0 Å². The maximum atomic E-state index is 5.95. The van der Waals surface area contributed by atoms with Gasteiger partial charge >= 0.3 is 0 Å². The summed E-state index contributed by atoms with van der Waals surface area (Å²) >= 11 is 0. The van der Waals surface area contributed by atoms with Crippen molar-refractivity contribution in [1.29, 1.82) is 0 Å². The Balaban J connectivity index is 1.39. The van der Waals surface area contributed by atoms with Crippen molar-refractivity contribution in [1.82, 2.24) is 10.3 Å². The number of hydrogen-bond acceptors (Lipinski definition) is 4. The molecular formula is C19H18N2O2. The molecule has 1 atom stereocenters. The Kier molecular flexibility index (Phi) is 3.82. The number of para-hydroxylation sites is 3. The zero-order valence-electron chi connectivity index (χ0n) is 12.7. The van der Waals surface area contributed by atoms with Crippen LogP contribution < -0.4 is 14.8 Å². The molecule has 1 aliphatic heterocycles. The van der Waals surface area contributed by atoms with Crippen LogP contribution in [0.5, 0.6) is 11.5 Å². The van der Waals surface area contributed by atoms with E-state index in [1.54, 1.807) is 0 Å². The first-order valence-electron chi connectivity index (χ1n) is 7.82. The number of hydrogen-bond donors (Lipinski definition) is 1. The van der Waals surface area contributed by atoms with E-state index in [-0.39, 0.29) is 6.10 Å². The summed E-state index contributed by atoms with van der Waals surface area (Å²) in [5.41, 5.74) is 2.24. The summed E-state index contributed by atoms with van der Waals surface area (Å²) in [7, 11) is 0. The van der Waals surface area contributed by atoms with Gasteiger partial charge in [-0.2, -0.15) is 0 Å². The number of pyridine rings is 1. The Labute approximate surface area is 135 Å². The van der Waals surface area contributed by atoms with Crippen molar-refractivity contribution in [3.63, 3.8) is 0 Å². The van der Waals surface area contributed by atoms with Gasteiger partial charge in [-0.25, -0.2) is 0 Å². The average Bonchev–Trinajstić information content (AvgIpc) is 2.62. The molecule has 1 aromatic heterocycles. The predicted octanol–water partition coefficient (Wildman–Crippen LogP) is 3.16. The molecule has 2 heterocycles. The Bertz CT molecular complexity index is 814. The Morgan fingerprint density at radius 2 is 1.87 bits per heavy atom. The number of nitrogens with zero attached hydrogens (tertiary/aromatic N) is 1. The molecule has 116 valence electrons. The Hall–Kier alpha value is -2.59. The zero-order chi connectivity index (χ0) is 15.5. The van der Waals surface area contributed by atoms with Crippen molar-refractivity contribution < 1.29 is 9.47 Å². The Morgan fingerprint density at radius 1 is 1.00 bits per heavy atom. The van der Waals surface area contributed by atoms with Crippen molar-refractivity contribution in [2.24, 2.45) is 0 Å². The van der Waals surface area contributed by atoms with E-state index in [0.29, 0.717) is 6.61 Å². The second kappa shape index (κ2) is 6.26. The standard InChI is InChI=1S/C19H18N2O2/c1-2-9-18-17(8-1)22-13-16(23-18)12-20-11-15-6-3-5-14-7-4-10-21-19(14)15/h1-10,16,20H,11-13H2. The molecule has 23 heavy (non-hydrogen) atoms. The first-order chi connectivity index (χ1) is 11.4. The van der Waals surface area contributed by atoms with E-state index in [1.165, 1.54) is 5.56 Å². The minimum atomic E-state index is 0.0211. The van der Waals surface area contributed by atoms with Crippen LogP contribution >= 0.6 is 0 Å². The lowest BCUT2D eigenvalue weighted by Gasteiger charge is -2.26. The molecule has 0 aliphatic carbocycles. The van der Waals surface area contributed by atoms with Crippen LogP contribution in [0, 0.1) is 0 Å². The number of fused-ring (bicyclic) bond motifs is 2. The lowest BCUT2D eigenvalue weighted by Crippen LogP contribution is -2.38. The van der Waals surface area contributed by atoms with E-state index in [4.69, 9.17) is 9.47 Å². The lowest BCUT2D eigenvalue weighted by molar-refractivity contribution is 0.0902. The van der Waals surface area contributed by atoms with Crippen molar-refractivity contribution in [2.45, 2.75) is 12.6 Å². The first kappa shape index (κ1) is 14.0. The minimum Gasteiger partial charge on any atom is -0.486 e. The van der Waals surface area contributed by atoms with Crippen LogP contribution in [0.4, 0.5) is 0 Å². The monoisotopic (exact) mass is 306 g/mol. The molecule has 0 saturated heterocycles. The van der Waals surface area contributed by atoms with Gasteiger partial charge in [-0.15, -0.1) is 0 Å². The van der Waals surface area contributed by atoms with Gasteiger partial charge in [0.25, 0.3) is 0 Å². The van der Waals surface area contributed by atoms with Gasteiger partial charge in [0, 0.05) is 24.7 Å². The molecule has 1 aliphatic rings. The van der Waals surface area contributed by atoms with E-state index in [1.807, 2.05) is 36.5 Å². The quantitative estimate of drug-likeness (QED) is 0.804. The second-order valence-electron chi connectivity index (χ2n) is 5.62. The molecule has 3 aromatic rings. The van der Waals surface area contributed by atoms with Crippen LogP contribution in [0.1, 0.15) is 5.56 Å². The molecule has 0 radical (unpaired) electrons. The molecule has 2 aromatic carbocycles. The minimum absolute atomic E-state index is 0.0211. The second-order valence-corrected chi connectivity index (χ2v) is 5.62. The highest BCUT2D eigenvalue weighted by Crippen LogP contribution is 2.30. The molecule has 0 spiro atoms. The van der Waals surface area contributed by atoms with Crippen LogP contribution in [-0.2, 0) is 6.54 Å². The predicted molar refractivity (Wildman–Crippen MR) is 89.8 cm³/mol. The van der Waals surface area contributed by atoms with Gasteiger partial charge in [0.1, 0.15) is 12.7 Å². The average molecular weight is 306 g/mol. The SMILES string of the molecule is c1ccc2c(c1)OCC(CNCc1cccc3cccnc13)O2. The van der Waals surface area contributed by atoms with E-state index in [9.17, 15) is 0 Å². The third-order valence-electron chi connectivity index (χ3n) is 3.97. The van der Waals surface area contributed by atoms with Gasteiger partial charge in [0.15, 0.2) is 11.5 Å². The van der Waals surface area contributed by atoms with Crippen LogP contribution in [0.15, 0.2) is 60.8 Å². The largest absolute Gasteiger partial charge is 0.486 e. The van der Waals surface area contributed by atoms with Crippen molar-refractivity contribution >= 4 is 10.9 Å². The summed E-state index contributed by atoms with van der Waals surface area (Å²) < 4.78 is 11.7. The van der Waals surface area contributed by atoms with Gasteiger partial charge in [-0.05, 0) is 23.8 Å². The molecule has 4 nitrogen and oxygen atoms in total. The molecule has 4 heteroatoms. The lowest BCUT2D eigenvalue weighted by atomic mass is 10.1. The fourth-order valence-corrected chi connectivity index (χ4v) is 2.84. The summed E-state index contributed by atoms with van der Waals surface area (Å²) in [6.45, 7) is 2.06. The maximum absolute atomic E-state index is 5.95. The Morgan fingerprint density at radius 3 is 2.83 bits per heavy atom. The number of aromatic nitrogens is 1. The number of nitrogens with one attached hydrogen (secondary N) is 1. The van der Waals surface area contributed by atoms with Gasteiger partial charge in [-0.1, -0.05) is 36.4 Å². The highest BCUT2D eigenvalue weighted by molar-refractivity contribution is 5.81. The van der Waals surface area contributed by atoms with Crippen molar-refractivity contribution in [3.8, 4) is 11.5 Å². The zero-order valence-corrected chi connectivity index (χ0v) is 12.7. The third-order valence-corrected chi connectivity index (χ3v) is 3.97. The molecule has 0 saturated carbocycles. The third kappa shape index (κ3) is 2.98. The summed E-state index contributed by atoms with van der Waals surface area (Å²) in [6.07, 6.45) is 1.86. The number of rotatable bonds is 4. The maximum Gasteiger partial charge on any atom is 0.161 e. The summed E-state index contributed by atoms with van der Waals surface area (Å²) in [6, 6.07) is 18.1. The fourth-order valence-electron chi connectivity index (χ4n) is 2.84. The van der Waals surface area contributed by atoms with Crippen LogP contribution in [0.3, 0.4) is 0 Å². The van der Waals surface area contributed by atoms with Crippen molar-refractivity contribution in [3.05, 3.63) is 66.4 Å². The van der Waals surface area contributed by atoms with Gasteiger partial charge in [-0.3, -0.25) is 4.98 Å². The highest BCUT2D eigenvalue weighted by atomic mass is 16.6. The van der Waals surface area contributed by atoms with Crippen molar-refractivity contribution in [2.75, 3.05) is 13.2 Å². The first-order valence-corrected chi connectivity index (χ1v) is 7.82. The molecular weight excluding hydrogens is 288 g/mol. The molecule has 0 amide bonds. The smallest absolute Gasteiger partial charge is 0.161 e. The van der Waals surface area contributed by atoms with Gasteiger partial charge in [0.2, 0.25) is 0 Å². The van der Waals surface area contributed by atoms with E-state index < -0.39 is 0 Å². The summed E-state index contributed by atoms with van der Waals surface area (Å²) in [4.78, 5) is 4.48. The van der Waals surface area contributed by atoms with Gasteiger partial charge < -0.3 is 14.8 Å².